The minimum absolute atomic E-state index is 0.336. The van der Waals surface area contributed by atoms with Crippen molar-refractivity contribution in [3.63, 3.8) is 0 Å². The minimum atomic E-state index is 0.336. The van der Waals surface area contributed by atoms with E-state index in [4.69, 9.17) is 9.15 Å². The summed E-state index contributed by atoms with van der Waals surface area (Å²) in [5.74, 6) is 1.27. The van der Waals surface area contributed by atoms with Crippen LogP contribution in [0.25, 0.3) is 0 Å². The summed E-state index contributed by atoms with van der Waals surface area (Å²) in [7, 11) is 0. The Labute approximate surface area is 89.2 Å². The summed E-state index contributed by atoms with van der Waals surface area (Å²) in [6.07, 6.45) is 3.24. The van der Waals surface area contributed by atoms with E-state index < -0.39 is 0 Å². The van der Waals surface area contributed by atoms with E-state index >= 15 is 0 Å². The van der Waals surface area contributed by atoms with Gasteiger partial charge < -0.3 is 14.5 Å². The van der Waals surface area contributed by atoms with E-state index in [1.165, 1.54) is 0 Å². The van der Waals surface area contributed by atoms with E-state index in [1.807, 2.05) is 6.92 Å². The zero-order chi connectivity index (χ0) is 10.5. The normalized spacial score (nSPS) is 18.2. The zero-order valence-corrected chi connectivity index (χ0v) is 9.03. The Kier molecular flexibility index (Phi) is 3.69. The highest BCUT2D eigenvalue weighted by atomic mass is 16.5. The van der Waals surface area contributed by atoms with Gasteiger partial charge in [0.1, 0.15) is 6.61 Å². The van der Waals surface area contributed by atoms with E-state index in [1.54, 1.807) is 0 Å². The Hall–Kier alpha value is -0.940. The maximum Gasteiger partial charge on any atom is 0.242 e. The molecule has 0 unspecified atom stereocenters. The summed E-state index contributed by atoms with van der Waals surface area (Å²) in [6.45, 7) is 4.51. The maximum atomic E-state index is 5.69. The van der Waals surface area contributed by atoms with E-state index in [-0.39, 0.29) is 0 Å². The highest BCUT2D eigenvalue weighted by Crippen LogP contribution is 2.10. The number of nitrogens with zero attached hydrogens (tertiary/aromatic N) is 2. The van der Waals surface area contributed by atoms with Crippen LogP contribution in [0.4, 0.5) is 0 Å². The molecule has 0 spiro atoms. The number of nitrogens with one attached hydrogen (secondary N) is 1. The lowest BCUT2D eigenvalue weighted by atomic mass is 10.1. The van der Waals surface area contributed by atoms with Crippen molar-refractivity contribution in [3.05, 3.63) is 11.8 Å². The van der Waals surface area contributed by atoms with E-state index in [9.17, 15) is 0 Å². The lowest BCUT2D eigenvalue weighted by Crippen LogP contribution is -2.32. The van der Waals surface area contributed by atoms with Gasteiger partial charge in [-0.3, -0.25) is 0 Å². The second-order valence-corrected chi connectivity index (χ2v) is 3.70. The SMILES string of the molecule is CCc1nnc(COC2CCNCC2)o1. The molecule has 5 nitrogen and oxygen atoms in total. The van der Waals surface area contributed by atoms with Crippen LogP contribution in [0.5, 0.6) is 0 Å². The summed E-state index contributed by atoms with van der Waals surface area (Å²) < 4.78 is 11.1. The smallest absolute Gasteiger partial charge is 0.242 e. The van der Waals surface area contributed by atoms with E-state index in [2.05, 4.69) is 15.5 Å². The molecule has 2 rings (SSSR count). The quantitative estimate of drug-likeness (QED) is 0.801. The van der Waals surface area contributed by atoms with Gasteiger partial charge in [-0.05, 0) is 25.9 Å². The Morgan fingerprint density at radius 2 is 2.07 bits per heavy atom. The molecule has 2 heterocycles. The molecule has 0 aromatic carbocycles. The largest absolute Gasteiger partial charge is 0.423 e. The summed E-state index contributed by atoms with van der Waals surface area (Å²) >= 11 is 0. The molecule has 15 heavy (non-hydrogen) atoms. The Morgan fingerprint density at radius 3 is 2.73 bits per heavy atom. The highest BCUT2D eigenvalue weighted by molar-refractivity contribution is 4.79. The van der Waals surface area contributed by atoms with Gasteiger partial charge >= 0.3 is 0 Å². The first-order valence-corrected chi connectivity index (χ1v) is 5.52. The van der Waals surface area contributed by atoms with Gasteiger partial charge in [0.25, 0.3) is 0 Å². The number of rotatable bonds is 4. The molecule has 1 aliphatic heterocycles. The molecule has 1 aromatic rings. The van der Waals surface area contributed by atoms with Crippen molar-refractivity contribution < 1.29 is 9.15 Å². The van der Waals surface area contributed by atoms with Crippen LogP contribution in [0.3, 0.4) is 0 Å². The summed E-state index contributed by atoms with van der Waals surface area (Å²) in [5.41, 5.74) is 0. The van der Waals surface area contributed by atoms with Gasteiger partial charge in [0.15, 0.2) is 0 Å². The first kappa shape index (κ1) is 10.6. The fraction of sp³-hybridized carbons (Fsp3) is 0.800. The second kappa shape index (κ2) is 5.23. The van der Waals surface area contributed by atoms with Crippen LogP contribution in [-0.4, -0.2) is 29.4 Å². The fourth-order valence-corrected chi connectivity index (χ4v) is 1.64. The predicted octanol–water partition coefficient (Wildman–Crippen LogP) is 0.901. The molecule has 1 fully saturated rings. The van der Waals surface area contributed by atoms with E-state index in [0.717, 1.165) is 32.4 Å². The predicted molar refractivity (Wildman–Crippen MR) is 54.4 cm³/mol. The lowest BCUT2D eigenvalue weighted by Gasteiger charge is -2.22. The third kappa shape index (κ3) is 3.00. The van der Waals surface area contributed by atoms with Crippen molar-refractivity contribution in [2.24, 2.45) is 0 Å². The monoisotopic (exact) mass is 211 g/mol. The van der Waals surface area contributed by atoms with Gasteiger partial charge in [0.2, 0.25) is 11.8 Å². The molecule has 0 aliphatic carbocycles. The number of piperidine rings is 1. The molecule has 1 aromatic heterocycles. The third-order valence-electron chi connectivity index (χ3n) is 2.54. The van der Waals surface area contributed by atoms with Gasteiger partial charge in [0, 0.05) is 6.42 Å². The van der Waals surface area contributed by atoms with Crippen LogP contribution in [0.15, 0.2) is 4.42 Å². The summed E-state index contributed by atoms with van der Waals surface area (Å²) in [5, 5.41) is 11.1. The number of aryl methyl sites for hydroxylation is 1. The van der Waals surface area contributed by atoms with Gasteiger partial charge in [-0.2, -0.15) is 0 Å². The standard InChI is InChI=1S/C10H17N3O2/c1-2-9-12-13-10(15-9)7-14-8-3-5-11-6-4-8/h8,11H,2-7H2,1H3. The lowest BCUT2D eigenvalue weighted by molar-refractivity contribution is 0.0103. The highest BCUT2D eigenvalue weighted by Gasteiger charge is 2.14. The average molecular weight is 211 g/mol. The Balaban J connectivity index is 1.76. The first-order valence-electron chi connectivity index (χ1n) is 5.52. The topological polar surface area (TPSA) is 60.2 Å². The molecule has 0 bridgehead atoms. The number of ether oxygens (including phenoxy) is 1. The first-order chi connectivity index (χ1) is 7.38. The van der Waals surface area contributed by atoms with Crippen LogP contribution in [0, 0.1) is 0 Å². The molecule has 1 saturated heterocycles. The van der Waals surface area contributed by atoms with Crippen LogP contribution in [0.2, 0.25) is 0 Å². The molecule has 0 radical (unpaired) electrons. The van der Waals surface area contributed by atoms with Gasteiger partial charge in [0.05, 0.1) is 6.10 Å². The molecule has 84 valence electrons. The zero-order valence-electron chi connectivity index (χ0n) is 9.03. The number of hydrogen-bond acceptors (Lipinski definition) is 5. The molecular formula is C10H17N3O2. The van der Waals surface area contributed by atoms with Crippen LogP contribution in [-0.2, 0) is 17.8 Å². The Bertz CT molecular complexity index is 295. The van der Waals surface area contributed by atoms with Crippen molar-refractivity contribution >= 4 is 0 Å². The van der Waals surface area contributed by atoms with Gasteiger partial charge in [-0.1, -0.05) is 6.92 Å². The van der Waals surface area contributed by atoms with Gasteiger partial charge in [-0.25, -0.2) is 0 Å². The van der Waals surface area contributed by atoms with Crippen molar-refractivity contribution in [3.8, 4) is 0 Å². The number of aromatic nitrogens is 2. The molecule has 0 amide bonds. The van der Waals surface area contributed by atoms with Crippen LogP contribution in [0.1, 0.15) is 31.5 Å². The second-order valence-electron chi connectivity index (χ2n) is 3.70. The van der Waals surface area contributed by atoms with Crippen molar-refractivity contribution in [1.29, 1.82) is 0 Å². The molecule has 5 heteroatoms. The Morgan fingerprint density at radius 1 is 1.33 bits per heavy atom. The maximum absolute atomic E-state index is 5.69. The van der Waals surface area contributed by atoms with Crippen molar-refractivity contribution in [2.45, 2.75) is 38.9 Å². The molecule has 1 N–H and O–H groups in total. The summed E-state index contributed by atoms with van der Waals surface area (Å²) in [6, 6.07) is 0. The van der Waals surface area contributed by atoms with Crippen molar-refractivity contribution in [1.82, 2.24) is 15.5 Å². The fourth-order valence-electron chi connectivity index (χ4n) is 1.64. The molecule has 0 atom stereocenters. The number of hydrogen-bond donors (Lipinski definition) is 1. The summed E-state index contributed by atoms with van der Waals surface area (Å²) in [4.78, 5) is 0. The van der Waals surface area contributed by atoms with Crippen LogP contribution < -0.4 is 5.32 Å². The van der Waals surface area contributed by atoms with Crippen LogP contribution >= 0.6 is 0 Å². The molecule has 1 aliphatic rings. The third-order valence-corrected chi connectivity index (χ3v) is 2.54. The average Bonchev–Trinajstić information content (AvgIpc) is 2.76. The van der Waals surface area contributed by atoms with Crippen molar-refractivity contribution in [2.75, 3.05) is 13.1 Å². The minimum Gasteiger partial charge on any atom is -0.423 e. The molecular weight excluding hydrogens is 194 g/mol. The van der Waals surface area contributed by atoms with Gasteiger partial charge in [-0.15, -0.1) is 10.2 Å². The molecule has 0 saturated carbocycles. The van der Waals surface area contributed by atoms with E-state index in [0.29, 0.717) is 24.5 Å².